The third-order valence-electron chi connectivity index (χ3n) is 10.8. The first-order valence-electron chi connectivity index (χ1n) is 15.9. The number of hydrogen-bond acceptors (Lipinski definition) is 3. The smallest absolute Gasteiger partial charge is 0.233 e. The van der Waals surface area contributed by atoms with Crippen LogP contribution in [0, 0.1) is 19.8 Å². The summed E-state index contributed by atoms with van der Waals surface area (Å²) in [5.74, 6) is 1.34. The normalized spacial score (nSPS) is 23.4. The van der Waals surface area contributed by atoms with Gasteiger partial charge in [0.05, 0.1) is 22.7 Å². The van der Waals surface area contributed by atoms with E-state index in [2.05, 4.69) is 103 Å². The maximum absolute atomic E-state index is 14.1. The number of likely N-dealkylation sites (tertiary alicyclic amines) is 1. The molecule has 1 aliphatic heterocycles. The second-order valence-electron chi connectivity index (χ2n) is 13.9. The Morgan fingerprint density at radius 2 is 1.83 bits per heavy atom. The number of amides is 1. The monoisotopic (exact) mass is 560 g/mol. The lowest BCUT2D eigenvalue weighted by Crippen LogP contribution is -2.44. The maximum Gasteiger partial charge on any atom is 0.233 e. The van der Waals surface area contributed by atoms with Gasteiger partial charge < -0.3 is 15.2 Å². The Bertz CT molecular complexity index is 1630. The van der Waals surface area contributed by atoms with Gasteiger partial charge in [-0.3, -0.25) is 9.78 Å². The van der Waals surface area contributed by atoms with Gasteiger partial charge in [0.25, 0.3) is 0 Å². The molecule has 1 spiro atoms. The molecule has 2 saturated carbocycles. The van der Waals surface area contributed by atoms with Crippen LogP contribution >= 0.6 is 0 Å². The molecule has 4 aromatic rings. The van der Waals surface area contributed by atoms with Crippen LogP contribution < -0.4 is 5.32 Å². The topological polar surface area (TPSA) is 60.8 Å². The fourth-order valence-electron chi connectivity index (χ4n) is 8.36. The van der Waals surface area contributed by atoms with Crippen LogP contribution in [-0.4, -0.2) is 45.4 Å². The van der Waals surface area contributed by atoms with Gasteiger partial charge in [0.2, 0.25) is 5.91 Å². The van der Waals surface area contributed by atoms with Crippen LogP contribution in [0.15, 0.2) is 60.9 Å². The van der Waals surface area contributed by atoms with Gasteiger partial charge in [-0.15, -0.1) is 0 Å². The van der Waals surface area contributed by atoms with Crippen molar-refractivity contribution in [3.63, 3.8) is 0 Å². The van der Waals surface area contributed by atoms with E-state index in [4.69, 9.17) is 0 Å². The number of benzene rings is 2. The second-order valence-corrected chi connectivity index (χ2v) is 13.9. The minimum atomic E-state index is -0.561. The standard InChI is InChI=1S/C37H44N4O/c1-23-18-24(2)20-27(19-23)34-33(25(3)22-39-17-13-26-11-15-38-16-12-26)30-21-29(6-8-31(30)40-34)36(4,5)35(42)41-32-9-7-28-10-14-37(28,32)41/h6,8,11-12,15-16,18-21,25,28,32,39-40H,7,9-10,13-14,17,22H2,1-5H3/t25-,28?,32?,37?,41?/m1/s1. The zero-order valence-electron chi connectivity index (χ0n) is 25.8. The highest BCUT2D eigenvalue weighted by atomic mass is 16.2. The summed E-state index contributed by atoms with van der Waals surface area (Å²) < 4.78 is 0. The minimum absolute atomic E-state index is 0.213. The molecule has 0 bridgehead atoms. The number of piperidine rings is 1. The summed E-state index contributed by atoms with van der Waals surface area (Å²) in [6, 6.07) is 18.2. The molecule has 2 aromatic carbocycles. The number of hydrogen-bond donors (Lipinski definition) is 2. The van der Waals surface area contributed by atoms with E-state index < -0.39 is 5.41 Å². The molecule has 5 heteroatoms. The summed E-state index contributed by atoms with van der Waals surface area (Å²) in [6.07, 6.45) is 9.71. The van der Waals surface area contributed by atoms with Gasteiger partial charge in [0.15, 0.2) is 0 Å². The van der Waals surface area contributed by atoms with Gasteiger partial charge in [-0.2, -0.15) is 0 Å². The first-order chi connectivity index (χ1) is 20.2. The molecule has 3 unspecified atom stereocenters. The number of fused-ring (bicyclic) bond motifs is 1. The van der Waals surface area contributed by atoms with Gasteiger partial charge in [-0.1, -0.05) is 30.2 Å². The highest BCUT2D eigenvalue weighted by Gasteiger charge is 2.76. The fraction of sp³-hybridized carbons (Fsp3) is 0.459. The SMILES string of the molecule is Cc1cc(C)cc(-c2[nH]c3ccc(C(C)(C)C(=O)N4C5CCC6CCC654)cc3c2[C@H](C)CNCCc2ccncc2)c1. The van der Waals surface area contributed by atoms with E-state index in [1.54, 1.807) is 0 Å². The molecule has 1 amide bonds. The fourth-order valence-corrected chi connectivity index (χ4v) is 8.36. The first-order valence-corrected chi connectivity index (χ1v) is 15.9. The number of rotatable bonds is 9. The number of aromatic amines is 1. The van der Waals surface area contributed by atoms with Crippen molar-refractivity contribution in [2.45, 2.75) is 89.6 Å². The molecular formula is C37H44N4O. The molecule has 2 aromatic heterocycles. The van der Waals surface area contributed by atoms with E-state index in [0.717, 1.165) is 36.5 Å². The molecule has 5 nitrogen and oxygen atoms in total. The molecule has 42 heavy (non-hydrogen) atoms. The molecular weight excluding hydrogens is 516 g/mol. The van der Waals surface area contributed by atoms with Crippen molar-refractivity contribution in [2.24, 2.45) is 5.92 Å². The van der Waals surface area contributed by atoms with Gasteiger partial charge in [-0.05, 0) is 137 Å². The number of aromatic nitrogens is 2. The summed E-state index contributed by atoms with van der Waals surface area (Å²) in [6.45, 7) is 12.7. The van der Waals surface area contributed by atoms with E-state index in [9.17, 15) is 4.79 Å². The Morgan fingerprint density at radius 3 is 2.52 bits per heavy atom. The van der Waals surface area contributed by atoms with Gasteiger partial charge in [0, 0.05) is 29.8 Å². The zero-order chi connectivity index (χ0) is 29.2. The Kier molecular flexibility index (Phi) is 6.58. The lowest BCUT2D eigenvalue weighted by molar-refractivity contribution is -0.134. The van der Waals surface area contributed by atoms with Crippen molar-refractivity contribution in [1.82, 2.24) is 20.2 Å². The van der Waals surface area contributed by atoms with Gasteiger partial charge >= 0.3 is 0 Å². The average Bonchev–Trinajstić information content (AvgIpc) is 3.39. The van der Waals surface area contributed by atoms with Crippen LogP contribution in [0.4, 0.5) is 0 Å². The number of nitrogens with one attached hydrogen (secondary N) is 2. The highest BCUT2D eigenvalue weighted by molar-refractivity contribution is 5.96. The Hall–Kier alpha value is -3.44. The number of carbonyl (C=O) groups excluding carboxylic acids is 1. The highest BCUT2D eigenvalue weighted by Crippen LogP contribution is 2.67. The first kappa shape index (κ1) is 27.4. The summed E-state index contributed by atoms with van der Waals surface area (Å²) in [5.41, 5.74) is 9.48. The Morgan fingerprint density at radius 1 is 1.07 bits per heavy atom. The number of carbonyl (C=O) groups is 1. The van der Waals surface area contributed by atoms with Crippen molar-refractivity contribution < 1.29 is 4.79 Å². The number of pyridine rings is 1. The molecule has 3 fully saturated rings. The zero-order valence-corrected chi connectivity index (χ0v) is 25.8. The molecule has 3 heterocycles. The lowest BCUT2D eigenvalue weighted by Gasteiger charge is -2.37. The molecule has 218 valence electrons. The van der Waals surface area contributed by atoms with Crippen molar-refractivity contribution in [2.75, 3.05) is 13.1 Å². The molecule has 2 N–H and O–H groups in total. The molecule has 0 radical (unpaired) electrons. The predicted molar refractivity (Wildman–Crippen MR) is 171 cm³/mol. The number of H-pyrrole nitrogens is 1. The molecule has 2 aliphatic carbocycles. The van der Waals surface area contributed by atoms with E-state index >= 15 is 0 Å². The number of nitrogens with zero attached hydrogens (tertiary/aromatic N) is 2. The molecule has 7 rings (SSSR count). The van der Waals surface area contributed by atoms with Crippen molar-refractivity contribution in [3.8, 4) is 11.3 Å². The van der Waals surface area contributed by atoms with E-state index in [0.29, 0.717) is 11.9 Å². The van der Waals surface area contributed by atoms with Crippen LogP contribution in [0.2, 0.25) is 0 Å². The third kappa shape index (κ3) is 4.31. The van der Waals surface area contributed by atoms with Crippen LogP contribution in [0.3, 0.4) is 0 Å². The second kappa shape index (κ2) is 10.1. The van der Waals surface area contributed by atoms with Crippen LogP contribution in [0.5, 0.6) is 0 Å². The summed E-state index contributed by atoms with van der Waals surface area (Å²) in [4.78, 5) is 24.3. The quantitative estimate of drug-likeness (QED) is 0.168. The molecule has 3 aliphatic rings. The van der Waals surface area contributed by atoms with E-state index in [-0.39, 0.29) is 11.5 Å². The van der Waals surface area contributed by atoms with Crippen molar-refractivity contribution in [1.29, 1.82) is 0 Å². The average molecular weight is 561 g/mol. The Labute approximate surface area is 250 Å². The lowest BCUT2D eigenvalue weighted by atomic mass is 9.73. The van der Waals surface area contributed by atoms with E-state index in [1.807, 2.05) is 12.4 Å². The summed E-state index contributed by atoms with van der Waals surface area (Å²) in [7, 11) is 0. The largest absolute Gasteiger partial charge is 0.354 e. The van der Waals surface area contributed by atoms with Crippen LogP contribution in [-0.2, 0) is 16.6 Å². The minimum Gasteiger partial charge on any atom is -0.354 e. The van der Waals surface area contributed by atoms with Crippen LogP contribution in [0.25, 0.3) is 22.2 Å². The van der Waals surface area contributed by atoms with E-state index in [1.165, 1.54) is 64.6 Å². The van der Waals surface area contributed by atoms with Gasteiger partial charge in [0.1, 0.15) is 0 Å². The third-order valence-corrected chi connectivity index (χ3v) is 10.8. The summed E-state index contributed by atoms with van der Waals surface area (Å²) in [5, 5.41) is 4.95. The molecule has 4 atom stereocenters. The number of aryl methyl sites for hydroxylation is 2. The maximum atomic E-state index is 14.1. The predicted octanol–water partition coefficient (Wildman–Crippen LogP) is 7.21. The molecule has 1 saturated heterocycles. The van der Waals surface area contributed by atoms with Gasteiger partial charge in [-0.25, -0.2) is 0 Å². The Balaban J connectivity index is 1.21. The summed E-state index contributed by atoms with van der Waals surface area (Å²) >= 11 is 0. The van der Waals surface area contributed by atoms with Crippen LogP contribution in [0.1, 0.15) is 80.2 Å². The van der Waals surface area contributed by atoms with Crippen molar-refractivity contribution in [3.05, 3.63) is 88.7 Å². The van der Waals surface area contributed by atoms with Crippen molar-refractivity contribution >= 4 is 16.8 Å².